The highest BCUT2D eigenvalue weighted by Gasteiger charge is 2.13. The molecule has 0 saturated heterocycles. The van der Waals surface area contributed by atoms with Crippen molar-refractivity contribution >= 4 is 11.9 Å². The van der Waals surface area contributed by atoms with E-state index in [0.29, 0.717) is 12.8 Å². The summed E-state index contributed by atoms with van der Waals surface area (Å²) in [7, 11) is 0. The largest absolute Gasteiger partial charge is 0.481 e. The van der Waals surface area contributed by atoms with Crippen molar-refractivity contribution in [2.75, 3.05) is 0 Å². The quantitative estimate of drug-likeness (QED) is 0.649. The minimum absolute atomic E-state index is 0.0408. The molecule has 0 aromatic carbocycles. The lowest BCUT2D eigenvalue weighted by Crippen LogP contribution is -2.35. The molecule has 0 aliphatic heterocycles. The van der Waals surface area contributed by atoms with Gasteiger partial charge in [-0.05, 0) is 6.42 Å². The molecule has 0 aliphatic rings. The Morgan fingerprint density at radius 2 is 2.38 bits per heavy atom. The van der Waals surface area contributed by atoms with Crippen molar-refractivity contribution in [3.8, 4) is 0 Å². The van der Waals surface area contributed by atoms with Crippen LogP contribution in [0.25, 0.3) is 0 Å². The lowest BCUT2D eigenvalue weighted by molar-refractivity contribution is -0.137. The van der Waals surface area contributed by atoms with Gasteiger partial charge in [-0.1, -0.05) is 0 Å². The zero-order chi connectivity index (χ0) is 12.0. The molecule has 1 aromatic rings. The molecule has 3 N–H and O–H groups in total. The van der Waals surface area contributed by atoms with E-state index in [9.17, 15) is 9.59 Å². The Bertz CT molecular complexity index is 348. The van der Waals surface area contributed by atoms with Crippen molar-refractivity contribution in [3.05, 3.63) is 18.2 Å². The van der Waals surface area contributed by atoms with Crippen molar-refractivity contribution < 1.29 is 14.7 Å². The lowest BCUT2D eigenvalue weighted by Gasteiger charge is -2.15. The highest BCUT2D eigenvalue weighted by Crippen LogP contribution is 2.05. The maximum atomic E-state index is 10.9. The van der Waals surface area contributed by atoms with E-state index in [0.717, 1.165) is 5.69 Å². The van der Waals surface area contributed by atoms with Gasteiger partial charge in [0, 0.05) is 37.7 Å². The number of aromatic nitrogens is 2. The van der Waals surface area contributed by atoms with E-state index in [1.807, 2.05) is 0 Å². The van der Waals surface area contributed by atoms with Gasteiger partial charge in [-0.25, -0.2) is 4.98 Å². The molecular formula is C10H15N3O3. The molecule has 1 atom stereocenters. The topological polar surface area (TPSA) is 95.1 Å². The highest BCUT2D eigenvalue weighted by atomic mass is 16.4. The number of nitrogens with one attached hydrogen (secondary N) is 2. The van der Waals surface area contributed by atoms with Crippen molar-refractivity contribution in [1.82, 2.24) is 15.3 Å². The number of hydrogen-bond donors (Lipinski definition) is 3. The van der Waals surface area contributed by atoms with E-state index in [1.165, 1.54) is 6.92 Å². The molecule has 0 fully saturated rings. The van der Waals surface area contributed by atoms with E-state index in [2.05, 4.69) is 15.3 Å². The van der Waals surface area contributed by atoms with E-state index in [1.54, 1.807) is 12.5 Å². The minimum Gasteiger partial charge on any atom is -0.481 e. The van der Waals surface area contributed by atoms with Gasteiger partial charge < -0.3 is 15.4 Å². The van der Waals surface area contributed by atoms with Gasteiger partial charge in [0.25, 0.3) is 0 Å². The molecule has 0 bridgehead atoms. The highest BCUT2D eigenvalue weighted by molar-refractivity contribution is 5.73. The fourth-order valence-electron chi connectivity index (χ4n) is 1.47. The molecule has 6 nitrogen and oxygen atoms in total. The maximum absolute atomic E-state index is 10.9. The van der Waals surface area contributed by atoms with Crippen LogP contribution in [0.15, 0.2) is 12.5 Å². The van der Waals surface area contributed by atoms with Gasteiger partial charge in [0.15, 0.2) is 0 Å². The first-order valence-corrected chi connectivity index (χ1v) is 5.04. The number of carbonyl (C=O) groups is 2. The van der Waals surface area contributed by atoms with Crippen LogP contribution in [0.5, 0.6) is 0 Å². The summed E-state index contributed by atoms with van der Waals surface area (Å²) in [6, 6.07) is -0.172. The predicted molar refractivity (Wildman–Crippen MR) is 56.8 cm³/mol. The second kappa shape index (κ2) is 5.89. The monoisotopic (exact) mass is 225 g/mol. The normalized spacial score (nSPS) is 12.1. The van der Waals surface area contributed by atoms with Crippen LogP contribution in [0.1, 0.15) is 25.5 Å². The number of imidazole rings is 1. The molecule has 0 aliphatic carbocycles. The fraction of sp³-hybridized carbons (Fsp3) is 0.500. The lowest BCUT2D eigenvalue weighted by atomic mass is 10.1. The van der Waals surface area contributed by atoms with Crippen LogP contribution in [0.4, 0.5) is 0 Å². The maximum Gasteiger partial charge on any atom is 0.303 e. The first-order chi connectivity index (χ1) is 7.58. The molecular weight excluding hydrogens is 210 g/mol. The van der Waals surface area contributed by atoms with Crippen molar-refractivity contribution in [2.45, 2.75) is 32.2 Å². The van der Waals surface area contributed by atoms with Crippen LogP contribution in [0.3, 0.4) is 0 Å². The number of carboxylic acids is 1. The molecule has 1 heterocycles. The van der Waals surface area contributed by atoms with Crippen LogP contribution in [0.2, 0.25) is 0 Å². The van der Waals surface area contributed by atoms with Gasteiger partial charge in [-0.15, -0.1) is 0 Å². The van der Waals surface area contributed by atoms with E-state index < -0.39 is 5.97 Å². The fourth-order valence-corrected chi connectivity index (χ4v) is 1.47. The average molecular weight is 225 g/mol. The number of aliphatic carboxylic acids is 1. The molecule has 0 saturated carbocycles. The van der Waals surface area contributed by atoms with E-state index >= 15 is 0 Å². The Kier molecular flexibility index (Phi) is 4.50. The molecule has 16 heavy (non-hydrogen) atoms. The molecule has 1 unspecified atom stereocenters. The van der Waals surface area contributed by atoms with E-state index in [4.69, 9.17) is 5.11 Å². The standard InChI is InChI=1S/C10H15N3O3/c1-7(14)13-8(2-3-10(15)16)4-9-5-11-6-12-9/h5-6,8H,2-4H2,1H3,(H,11,12)(H,13,14)(H,15,16). The van der Waals surface area contributed by atoms with E-state index in [-0.39, 0.29) is 18.4 Å². The third kappa shape index (κ3) is 4.59. The number of aromatic amines is 1. The number of rotatable bonds is 6. The minimum atomic E-state index is -0.861. The second-order valence-electron chi connectivity index (χ2n) is 3.61. The molecule has 1 amide bonds. The van der Waals surface area contributed by atoms with Crippen molar-refractivity contribution in [1.29, 1.82) is 0 Å². The Hall–Kier alpha value is -1.85. The van der Waals surface area contributed by atoms with Gasteiger partial charge in [0.2, 0.25) is 5.91 Å². The summed E-state index contributed by atoms with van der Waals surface area (Å²) < 4.78 is 0. The molecule has 6 heteroatoms. The van der Waals surface area contributed by atoms with Gasteiger partial charge in [-0.3, -0.25) is 9.59 Å². The summed E-state index contributed by atoms with van der Waals surface area (Å²) in [6.45, 7) is 1.42. The Labute approximate surface area is 93.1 Å². The zero-order valence-corrected chi connectivity index (χ0v) is 9.06. The average Bonchev–Trinajstić information content (AvgIpc) is 2.66. The number of carbonyl (C=O) groups excluding carboxylic acids is 1. The Balaban J connectivity index is 2.49. The van der Waals surface area contributed by atoms with Crippen LogP contribution in [-0.4, -0.2) is 33.0 Å². The number of carboxylic acid groups (broad SMARTS) is 1. The van der Waals surface area contributed by atoms with Crippen molar-refractivity contribution in [3.63, 3.8) is 0 Å². The summed E-state index contributed by atoms with van der Waals surface area (Å²) in [6.07, 6.45) is 4.23. The molecule has 88 valence electrons. The van der Waals surface area contributed by atoms with Gasteiger partial charge in [0.1, 0.15) is 0 Å². The van der Waals surface area contributed by atoms with Crippen molar-refractivity contribution in [2.24, 2.45) is 0 Å². The SMILES string of the molecule is CC(=O)NC(CCC(=O)O)Cc1cnc[nH]1. The Morgan fingerprint density at radius 3 is 2.88 bits per heavy atom. The molecule has 0 spiro atoms. The second-order valence-corrected chi connectivity index (χ2v) is 3.61. The molecule has 1 aromatic heterocycles. The number of amides is 1. The Morgan fingerprint density at radius 1 is 1.62 bits per heavy atom. The first-order valence-electron chi connectivity index (χ1n) is 5.04. The number of hydrogen-bond acceptors (Lipinski definition) is 3. The first kappa shape index (κ1) is 12.2. The third-order valence-corrected chi connectivity index (χ3v) is 2.14. The third-order valence-electron chi connectivity index (χ3n) is 2.14. The summed E-state index contributed by atoms with van der Waals surface area (Å²) in [5.41, 5.74) is 0.879. The van der Waals surface area contributed by atoms with Crippen LogP contribution < -0.4 is 5.32 Å². The summed E-state index contributed by atoms with van der Waals surface area (Å²) >= 11 is 0. The summed E-state index contributed by atoms with van der Waals surface area (Å²) in [5, 5.41) is 11.3. The summed E-state index contributed by atoms with van der Waals surface area (Å²) in [4.78, 5) is 28.2. The zero-order valence-electron chi connectivity index (χ0n) is 9.06. The van der Waals surface area contributed by atoms with Gasteiger partial charge >= 0.3 is 5.97 Å². The van der Waals surface area contributed by atoms with Gasteiger partial charge in [0.05, 0.1) is 6.33 Å². The number of H-pyrrole nitrogens is 1. The summed E-state index contributed by atoms with van der Waals surface area (Å²) in [5.74, 6) is -1.02. The number of nitrogens with zero attached hydrogens (tertiary/aromatic N) is 1. The molecule has 1 rings (SSSR count). The van der Waals surface area contributed by atoms with Crippen LogP contribution >= 0.6 is 0 Å². The smallest absolute Gasteiger partial charge is 0.303 e. The molecule has 0 radical (unpaired) electrons. The predicted octanol–water partition coefficient (Wildman–Crippen LogP) is 0.322. The van der Waals surface area contributed by atoms with Gasteiger partial charge in [-0.2, -0.15) is 0 Å². The van der Waals surface area contributed by atoms with Crippen LogP contribution in [-0.2, 0) is 16.0 Å². The van der Waals surface area contributed by atoms with Crippen LogP contribution in [0, 0.1) is 0 Å².